The third kappa shape index (κ3) is 3.55. The monoisotopic (exact) mass is 454 g/mol. The highest BCUT2D eigenvalue weighted by atomic mass is 79.9. The van der Waals surface area contributed by atoms with Crippen LogP contribution in [0.2, 0.25) is 0 Å². The summed E-state index contributed by atoms with van der Waals surface area (Å²) in [6, 6.07) is 7.80. The minimum Gasteiger partial charge on any atom is -0.453 e. The van der Waals surface area contributed by atoms with Gasteiger partial charge in [0.25, 0.3) is 0 Å². The molecule has 0 unspecified atom stereocenters. The van der Waals surface area contributed by atoms with E-state index in [1.807, 2.05) is 12.1 Å². The van der Waals surface area contributed by atoms with Crippen LogP contribution < -0.4 is 4.74 Å². The van der Waals surface area contributed by atoms with E-state index in [9.17, 15) is 8.78 Å². The van der Waals surface area contributed by atoms with Gasteiger partial charge in [0.05, 0.1) is 4.47 Å². The molecule has 0 aromatic heterocycles. The van der Waals surface area contributed by atoms with E-state index in [0.29, 0.717) is 20.0 Å². The standard InChI is InChI=1S/C13H7Br3F2O/c14-6-7-1-2-11(9(16)3-7)19-12-5-8(15)4-10(17)13(12)18/h1-5H,6H2. The molecule has 100 valence electrons. The molecule has 0 saturated carbocycles. The van der Waals surface area contributed by atoms with Crippen LogP contribution in [0.4, 0.5) is 8.78 Å². The summed E-state index contributed by atoms with van der Waals surface area (Å²) in [6.45, 7) is 0. The quantitative estimate of drug-likeness (QED) is 0.396. The molecule has 0 aliphatic heterocycles. The van der Waals surface area contributed by atoms with Crippen molar-refractivity contribution in [3.8, 4) is 11.5 Å². The first-order valence-electron chi connectivity index (χ1n) is 5.18. The molecule has 0 bridgehead atoms. The molecule has 6 heteroatoms. The first kappa shape index (κ1) is 14.9. The van der Waals surface area contributed by atoms with E-state index < -0.39 is 11.6 Å². The summed E-state index contributed by atoms with van der Waals surface area (Å²) in [4.78, 5) is 0. The fourth-order valence-electron chi connectivity index (χ4n) is 1.44. The van der Waals surface area contributed by atoms with Crippen LogP contribution in [0.3, 0.4) is 0 Å². The summed E-state index contributed by atoms with van der Waals surface area (Å²) in [6.07, 6.45) is 0. The highest BCUT2D eigenvalue weighted by Gasteiger charge is 2.13. The van der Waals surface area contributed by atoms with E-state index in [2.05, 4.69) is 47.8 Å². The first-order valence-corrected chi connectivity index (χ1v) is 7.89. The van der Waals surface area contributed by atoms with E-state index in [1.165, 1.54) is 6.07 Å². The fourth-order valence-corrected chi connectivity index (χ4v) is 2.70. The Morgan fingerprint density at radius 2 is 1.74 bits per heavy atom. The van der Waals surface area contributed by atoms with Crippen molar-refractivity contribution in [1.82, 2.24) is 0 Å². The Labute approximate surface area is 134 Å². The van der Waals surface area contributed by atoms with Gasteiger partial charge in [0.2, 0.25) is 5.82 Å². The van der Waals surface area contributed by atoms with Crippen molar-refractivity contribution in [2.45, 2.75) is 5.33 Å². The maximum Gasteiger partial charge on any atom is 0.201 e. The summed E-state index contributed by atoms with van der Waals surface area (Å²) in [5.41, 5.74) is 1.04. The molecule has 0 aliphatic rings. The highest BCUT2D eigenvalue weighted by Crippen LogP contribution is 2.34. The molecule has 19 heavy (non-hydrogen) atoms. The third-order valence-electron chi connectivity index (χ3n) is 2.33. The molecular formula is C13H7Br3F2O. The zero-order valence-corrected chi connectivity index (χ0v) is 14.1. The van der Waals surface area contributed by atoms with Gasteiger partial charge in [0, 0.05) is 9.80 Å². The van der Waals surface area contributed by atoms with Crippen molar-refractivity contribution in [2.24, 2.45) is 0 Å². The van der Waals surface area contributed by atoms with Crippen LogP contribution in [0.1, 0.15) is 5.56 Å². The minimum absolute atomic E-state index is 0.167. The summed E-state index contributed by atoms with van der Waals surface area (Å²) >= 11 is 9.77. The molecule has 2 aromatic rings. The van der Waals surface area contributed by atoms with Crippen molar-refractivity contribution in [3.63, 3.8) is 0 Å². The molecule has 2 rings (SSSR count). The largest absolute Gasteiger partial charge is 0.453 e. The third-order valence-corrected chi connectivity index (χ3v) is 4.06. The van der Waals surface area contributed by atoms with E-state index in [0.717, 1.165) is 11.6 Å². The Balaban J connectivity index is 2.36. The predicted molar refractivity (Wildman–Crippen MR) is 80.9 cm³/mol. The Morgan fingerprint density at radius 3 is 2.37 bits per heavy atom. The van der Waals surface area contributed by atoms with Gasteiger partial charge >= 0.3 is 0 Å². The molecule has 1 nitrogen and oxygen atoms in total. The van der Waals surface area contributed by atoms with Crippen LogP contribution in [-0.4, -0.2) is 0 Å². The second-order valence-corrected chi connectivity index (χ2v) is 6.03. The molecule has 0 amide bonds. The van der Waals surface area contributed by atoms with E-state index in [4.69, 9.17) is 4.74 Å². The Hall–Kier alpha value is -0.460. The Bertz CT molecular complexity index is 617. The van der Waals surface area contributed by atoms with Crippen LogP contribution in [0, 0.1) is 11.6 Å². The molecule has 0 heterocycles. The number of rotatable bonds is 3. The van der Waals surface area contributed by atoms with Gasteiger partial charge in [0.15, 0.2) is 11.6 Å². The Morgan fingerprint density at radius 1 is 1.00 bits per heavy atom. The van der Waals surface area contributed by atoms with Crippen molar-refractivity contribution < 1.29 is 13.5 Å². The predicted octanol–water partition coefficient (Wildman–Crippen LogP) is 6.18. The lowest BCUT2D eigenvalue weighted by atomic mass is 10.2. The smallest absolute Gasteiger partial charge is 0.201 e. The maximum atomic E-state index is 13.6. The number of ether oxygens (including phenoxy) is 1. The van der Waals surface area contributed by atoms with Gasteiger partial charge in [0.1, 0.15) is 5.75 Å². The maximum absolute atomic E-state index is 13.6. The van der Waals surface area contributed by atoms with Crippen LogP contribution >= 0.6 is 47.8 Å². The van der Waals surface area contributed by atoms with E-state index >= 15 is 0 Å². The van der Waals surface area contributed by atoms with Crippen LogP contribution in [-0.2, 0) is 5.33 Å². The van der Waals surface area contributed by atoms with Gasteiger partial charge in [-0.3, -0.25) is 0 Å². The summed E-state index contributed by atoms with van der Waals surface area (Å²) in [7, 11) is 0. The second-order valence-electron chi connectivity index (χ2n) is 3.70. The van der Waals surface area contributed by atoms with Gasteiger partial charge < -0.3 is 4.74 Å². The first-order chi connectivity index (χ1) is 9.01. The zero-order chi connectivity index (χ0) is 14.0. The lowest BCUT2D eigenvalue weighted by molar-refractivity contribution is 0.414. The number of halogens is 5. The molecule has 0 saturated heterocycles. The molecule has 0 radical (unpaired) electrons. The number of hydrogen-bond acceptors (Lipinski definition) is 1. The highest BCUT2D eigenvalue weighted by molar-refractivity contribution is 9.11. The average molecular weight is 457 g/mol. The SMILES string of the molecule is Fc1cc(Br)cc(Oc2ccc(CBr)cc2Br)c1F. The van der Waals surface area contributed by atoms with E-state index in [1.54, 1.807) is 6.07 Å². The molecule has 0 aliphatic carbocycles. The van der Waals surface area contributed by atoms with Crippen molar-refractivity contribution in [2.75, 3.05) is 0 Å². The average Bonchev–Trinajstić information content (AvgIpc) is 2.37. The lowest BCUT2D eigenvalue weighted by Crippen LogP contribution is -1.93. The summed E-state index contributed by atoms with van der Waals surface area (Å²) < 4.78 is 33.3. The topological polar surface area (TPSA) is 9.23 Å². The fraction of sp³-hybridized carbons (Fsp3) is 0.0769. The summed E-state index contributed by atoms with van der Waals surface area (Å²) in [5.74, 6) is -1.72. The van der Waals surface area contributed by atoms with Crippen molar-refractivity contribution in [3.05, 3.63) is 56.5 Å². The molecular weight excluding hydrogens is 450 g/mol. The van der Waals surface area contributed by atoms with Gasteiger partial charge in [-0.15, -0.1) is 0 Å². The van der Waals surface area contributed by atoms with Crippen LogP contribution in [0.5, 0.6) is 11.5 Å². The molecule has 0 N–H and O–H groups in total. The second kappa shape index (κ2) is 6.33. The van der Waals surface area contributed by atoms with Crippen molar-refractivity contribution >= 4 is 47.8 Å². The number of hydrogen-bond donors (Lipinski definition) is 0. The molecule has 0 fully saturated rings. The Kier molecular flexibility index (Phi) is 4.97. The van der Waals surface area contributed by atoms with Gasteiger partial charge in [-0.25, -0.2) is 4.39 Å². The normalized spacial score (nSPS) is 10.6. The van der Waals surface area contributed by atoms with Crippen molar-refractivity contribution in [1.29, 1.82) is 0 Å². The lowest BCUT2D eigenvalue weighted by Gasteiger charge is -2.10. The molecule has 0 spiro atoms. The zero-order valence-electron chi connectivity index (χ0n) is 9.39. The number of alkyl halides is 1. The molecule has 0 atom stereocenters. The van der Waals surface area contributed by atoms with Crippen LogP contribution in [0.15, 0.2) is 39.3 Å². The van der Waals surface area contributed by atoms with E-state index in [-0.39, 0.29) is 5.75 Å². The van der Waals surface area contributed by atoms with Gasteiger partial charge in [-0.05, 0) is 45.8 Å². The van der Waals surface area contributed by atoms with Crippen LogP contribution in [0.25, 0.3) is 0 Å². The van der Waals surface area contributed by atoms with Gasteiger partial charge in [-0.1, -0.05) is 37.9 Å². The summed E-state index contributed by atoms with van der Waals surface area (Å²) in [5, 5.41) is 0.700. The van der Waals surface area contributed by atoms with Gasteiger partial charge in [-0.2, -0.15) is 4.39 Å². The number of benzene rings is 2. The molecule has 2 aromatic carbocycles. The minimum atomic E-state index is -1.01.